The summed E-state index contributed by atoms with van der Waals surface area (Å²) >= 11 is 0. The van der Waals surface area contributed by atoms with Crippen molar-refractivity contribution < 1.29 is 0 Å². The maximum atomic E-state index is 3.07. The number of nitrogens with one attached hydrogen (secondary N) is 1. The van der Waals surface area contributed by atoms with Gasteiger partial charge in [-0.15, -0.1) is 0 Å². The van der Waals surface area contributed by atoms with Crippen LogP contribution in [0.1, 0.15) is 13.8 Å². The second-order valence-electron chi connectivity index (χ2n) is 1.95. The lowest BCUT2D eigenvalue weighted by molar-refractivity contribution is 0.636. The third kappa shape index (κ3) is 4.02. The van der Waals surface area contributed by atoms with Crippen molar-refractivity contribution in [1.82, 2.24) is 5.23 Å². The Hall–Kier alpha value is 0.0249. The van der Waals surface area contributed by atoms with Crippen molar-refractivity contribution in [3.8, 4) is 0 Å². The molecule has 0 radical (unpaired) electrons. The lowest BCUT2D eigenvalue weighted by Crippen LogP contribution is -2.14. The Bertz CT molecular complexity index is 28.7. The molecular formula is C4H12BN. The molecule has 0 aromatic carbocycles. The lowest BCUT2D eigenvalue weighted by atomic mass is 10.2. The van der Waals surface area contributed by atoms with E-state index < -0.39 is 0 Å². The van der Waals surface area contributed by atoms with Crippen molar-refractivity contribution in [2.45, 2.75) is 13.8 Å². The summed E-state index contributed by atoms with van der Waals surface area (Å²) in [7, 11) is 1.97. The molecule has 0 unspecified atom stereocenters. The number of hydrogen-bond donors (Lipinski definition) is 1. The first-order valence-electron chi connectivity index (χ1n) is 2.42. The van der Waals surface area contributed by atoms with Crippen LogP contribution < -0.4 is 5.23 Å². The van der Waals surface area contributed by atoms with Gasteiger partial charge in [0.25, 0.3) is 0 Å². The van der Waals surface area contributed by atoms with Gasteiger partial charge in [0.2, 0.25) is 0 Å². The summed E-state index contributed by atoms with van der Waals surface area (Å²) in [5, 5.41) is 3.07. The number of rotatable bonds is 2. The van der Waals surface area contributed by atoms with Crippen LogP contribution in [0.2, 0.25) is 0 Å². The fraction of sp³-hybridized carbons (Fsp3) is 1.00. The van der Waals surface area contributed by atoms with E-state index in [0.717, 1.165) is 12.5 Å². The minimum atomic E-state index is 0.787. The molecule has 0 spiro atoms. The highest BCUT2D eigenvalue weighted by Gasteiger charge is 1.84. The Labute approximate surface area is 40.6 Å². The van der Waals surface area contributed by atoms with E-state index in [4.69, 9.17) is 0 Å². The molecule has 0 bridgehead atoms. The SMILES string of the molecule is BNCC(C)C. The molecule has 36 valence electrons. The Morgan fingerprint density at radius 2 is 2.17 bits per heavy atom. The molecule has 0 aromatic rings. The summed E-state index contributed by atoms with van der Waals surface area (Å²) in [5.41, 5.74) is 0. The first-order valence-corrected chi connectivity index (χ1v) is 2.42. The topological polar surface area (TPSA) is 12.0 Å². The van der Waals surface area contributed by atoms with Crippen LogP contribution in [-0.4, -0.2) is 14.5 Å². The molecule has 0 atom stereocenters. The molecule has 0 aliphatic rings. The maximum Gasteiger partial charge on any atom is 0.181 e. The molecule has 0 fully saturated rings. The quantitative estimate of drug-likeness (QED) is 0.457. The summed E-state index contributed by atoms with van der Waals surface area (Å²) < 4.78 is 0. The van der Waals surface area contributed by atoms with Gasteiger partial charge in [-0.2, -0.15) is 0 Å². The van der Waals surface area contributed by atoms with E-state index in [9.17, 15) is 0 Å². The van der Waals surface area contributed by atoms with Gasteiger partial charge in [-0.05, 0) is 12.5 Å². The molecule has 0 saturated carbocycles. The average molecular weight is 85.0 g/mol. The molecule has 0 rings (SSSR count). The molecule has 0 amide bonds. The highest BCUT2D eigenvalue weighted by molar-refractivity contribution is 6.04. The maximum absolute atomic E-state index is 3.07. The fourth-order valence-corrected chi connectivity index (χ4v) is 0.408. The van der Waals surface area contributed by atoms with E-state index >= 15 is 0 Å². The van der Waals surface area contributed by atoms with Crippen LogP contribution in [-0.2, 0) is 0 Å². The minimum absolute atomic E-state index is 0.787. The summed E-state index contributed by atoms with van der Waals surface area (Å²) in [5.74, 6) is 0.787. The van der Waals surface area contributed by atoms with E-state index in [2.05, 4.69) is 19.1 Å². The molecule has 2 heteroatoms. The van der Waals surface area contributed by atoms with Crippen LogP contribution in [0.25, 0.3) is 0 Å². The van der Waals surface area contributed by atoms with Crippen LogP contribution in [0, 0.1) is 5.92 Å². The summed E-state index contributed by atoms with van der Waals surface area (Å²) in [6.07, 6.45) is 0. The van der Waals surface area contributed by atoms with E-state index in [1.807, 2.05) is 7.98 Å². The van der Waals surface area contributed by atoms with E-state index in [-0.39, 0.29) is 0 Å². The average Bonchev–Trinajstić information content (AvgIpc) is 1.35. The van der Waals surface area contributed by atoms with Crippen molar-refractivity contribution in [2.75, 3.05) is 6.54 Å². The van der Waals surface area contributed by atoms with E-state index in [1.165, 1.54) is 0 Å². The van der Waals surface area contributed by atoms with Crippen molar-refractivity contribution in [3.63, 3.8) is 0 Å². The fourth-order valence-electron chi connectivity index (χ4n) is 0.408. The smallest absolute Gasteiger partial charge is 0.181 e. The Kier molecular flexibility index (Phi) is 3.24. The van der Waals surface area contributed by atoms with Crippen LogP contribution >= 0.6 is 0 Å². The summed E-state index contributed by atoms with van der Waals surface area (Å²) in [4.78, 5) is 0. The van der Waals surface area contributed by atoms with E-state index in [1.54, 1.807) is 0 Å². The van der Waals surface area contributed by atoms with Crippen molar-refractivity contribution in [1.29, 1.82) is 0 Å². The molecule has 1 N–H and O–H groups in total. The third-order valence-electron chi connectivity index (χ3n) is 0.612. The van der Waals surface area contributed by atoms with Gasteiger partial charge in [-0.3, -0.25) is 0 Å². The van der Waals surface area contributed by atoms with Gasteiger partial charge in [-0.25, -0.2) is 0 Å². The Morgan fingerprint density at radius 3 is 2.17 bits per heavy atom. The lowest BCUT2D eigenvalue weighted by Gasteiger charge is -1.98. The van der Waals surface area contributed by atoms with Crippen LogP contribution in [0.15, 0.2) is 0 Å². The van der Waals surface area contributed by atoms with Gasteiger partial charge in [0.1, 0.15) is 0 Å². The Balaban J connectivity index is 2.63. The van der Waals surface area contributed by atoms with E-state index in [0.29, 0.717) is 0 Å². The number of hydrogen-bond acceptors (Lipinski definition) is 1. The molecular weight excluding hydrogens is 72.9 g/mol. The van der Waals surface area contributed by atoms with Gasteiger partial charge < -0.3 is 5.23 Å². The molecule has 0 aromatic heterocycles. The van der Waals surface area contributed by atoms with Crippen LogP contribution in [0.3, 0.4) is 0 Å². The largest absolute Gasteiger partial charge is 0.362 e. The monoisotopic (exact) mass is 85.1 g/mol. The van der Waals surface area contributed by atoms with Crippen molar-refractivity contribution in [2.24, 2.45) is 5.92 Å². The highest BCUT2D eigenvalue weighted by atomic mass is 14.7. The van der Waals surface area contributed by atoms with Gasteiger partial charge in [0.15, 0.2) is 7.98 Å². The molecule has 0 aliphatic carbocycles. The zero-order valence-electron chi connectivity index (χ0n) is 4.78. The van der Waals surface area contributed by atoms with Crippen molar-refractivity contribution >= 4 is 7.98 Å². The first kappa shape index (κ1) is 6.02. The molecule has 0 heterocycles. The second kappa shape index (κ2) is 3.22. The second-order valence-corrected chi connectivity index (χ2v) is 1.95. The molecule has 1 nitrogen and oxygen atoms in total. The van der Waals surface area contributed by atoms with Crippen molar-refractivity contribution in [3.05, 3.63) is 0 Å². The highest BCUT2D eigenvalue weighted by Crippen LogP contribution is 1.83. The minimum Gasteiger partial charge on any atom is -0.362 e. The van der Waals surface area contributed by atoms with Gasteiger partial charge >= 0.3 is 0 Å². The Morgan fingerprint density at radius 1 is 1.67 bits per heavy atom. The van der Waals surface area contributed by atoms with Crippen LogP contribution in [0.4, 0.5) is 0 Å². The van der Waals surface area contributed by atoms with Gasteiger partial charge in [0.05, 0.1) is 0 Å². The predicted octanol–water partition coefficient (Wildman–Crippen LogP) is -0.220. The molecule has 6 heavy (non-hydrogen) atoms. The normalized spacial score (nSPS) is 9.83. The zero-order chi connectivity index (χ0) is 4.99. The molecule has 0 saturated heterocycles. The summed E-state index contributed by atoms with van der Waals surface area (Å²) in [6.45, 7) is 5.51. The van der Waals surface area contributed by atoms with Gasteiger partial charge in [0, 0.05) is 0 Å². The standard InChI is InChI=1S/C4H12BN/c1-4(2)3-6-5/h4,6H,3,5H2,1-2H3. The first-order chi connectivity index (χ1) is 2.77. The van der Waals surface area contributed by atoms with Crippen LogP contribution in [0.5, 0.6) is 0 Å². The third-order valence-corrected chi connectivity index (χ3v) is 0.612. The van der Waals surface area contributed by atoms with Gasteiger partial charge in [-0.1, -0.05) is 13.8 Å². The predicted molar refractivity (Wildman–Crippen MR) is 31.4 cm³/mol. The molecule has 0 aliphatic heterocycles. The summed E-state index contributed by atoms with van der Waals surface area (Å²) in [6, 6.07) is 0. The zero-order valence-corrected chi connectivity index (χ0v) is 4.78.